The second-order valence-corrected chi connectivity index (χ2v) is 3.96. The minimum absolute atomic E-state index is 0.0158. The predicted molar refractivity (Wildman–Crippen MR) is 77.8 cm³/mol. The molecule has 106 valence electrons. The van der Waals surface area contributed by atoms with Gasteiger partial charge in [0.2, 0.25) is 0 Å². The van der Waals surface area contributed by atoms with Gasteiger partial charge < -0.3 is 9.74 Å². The summed E-state index contributed by atoms with van der Waals surface area (Å²) < 4.78 is 0. The SMILES string of the molecule is C=CC.C=NOCC(=O)N1CCCCC1.CCC. The first-order valence-corrected chi connectivity index (χ1v) is 6.60. The summed E-state index contributed by atoms with van der Waals surface area (Å²) >= 11 is 0. The number of likely N-dealkylation sites (tertiary alicyclic amines) is 1. The Kier molecular flexibility index (Phi) is 16.6. The number of piperidine rings is 1. The first kappa shape index (κ1) is 19.0. The highest BCUT2D eigenvalue weighted by molar-refractivity contribution is 5.77. The van der Waals surface area contributed by atoms with Crippen molar-refractivity contribution in [1.82, 2.24) is 4.90 Å². The molecule has 1 amide bonds. The van der Waals surface area contributed by atoms with Crippen molar-refractivity contribution in [2.24, 2.45) is 5.16 Å². The maximum atomic E-state index is 11.3. The van der Waals surface area contributed by atoms with E-state index in [0.717, 1.165) is 25.9 Å². The Hall–Kier alpha value is -1.32. The van der Waals surface area contributed by atoms with E-state index in [9.17, 15) is 4.79 Å². The van der Waals surface area contributed by atoms with Crippen molar-refractivity contribution in [2.75, 3.05) is 19.7 Å². The van der Waals surface area contributed by atoms with Gasteiger partial charge in [0.05, 0.1) is 0 Å². The number of carbonyl (C=O) groups excluding carboxylic acids is 1. The molecule has 0 spiro atoms. The first-order valence-electron chi connectivity index (χ1n) is 6.60. The van der Waals surface area contributed by atoms with Gasteiger partial charge in [0.15, 0.2) is 6.61 Å². The molecule has 1 fully saturated rings. The standard InChI is InChI=1S/C8H14N2O2.C3H8.C3H6/c1-9-12-7-8(11)10-5-3-2-4-6-10;2*1-3-2/h1-7H2;3H2,1-2H3;3H,1H2,2H3. The molecular weight excluding hydrogens is 228 g/mol. The van der Waals surface area contributed by atoms with Gasteiger partial charge in [-0.25, -0.2) is 0 Å². The Balaban J connectivity index is 0. The number of allylic oxidation sites excluding steroid dienone is 1. The topological polar surface area (TPSA) is 41.9 Å². The third kappa shape index (κ3) is 12.7. The van der Waals surface area contributed by atoms with Gasteiger partial charge in [-0.15, -0.1) is 11.7 Å². The number of nitrogens with zero attached hydrogens (tertiary/aromatic N) is 2. The van der Waals surface area contributed by atoms with E-state index >= 15 is 0 Å². The van der Waals surface area contributed by atoms with Crippen molar-refractivity contribution < 1.29 is 9.63 Å². The molecule has 0 aromatic carbocycles. The van der Waals surface area contributed by atoms with Crippen LogP contribution in [0.15, 0.2) is 17.8 Å². The summed E-state index contributed by atoms with van der Waals surface area (Å²) in [4.78, 5) is 17.7. The lowest BCUT2D eigenvalue weighted by molar-refractivity contribution is -0.136. The summed E-state index contributed by atoms with van der Waals surface area (Å²) in [6, 6.07) is 0. The summed E-state index contributed by atoms with van der Waals surface area (Å²) in [6.45, 7) is 14.4. The van der Waals surface area contributed by atoms with E-state index in [1.54, 1.807) is 6.08 Å². The van der Waals surface area contributed by atoms with Crippen LogP contribution in [0.25, 0.3) is 0 Å². The molecule has 1 heterocycles. The van der Waals surface area contributed by atoms with Crippen LogP contribution in [0.1, 0.15) is 46.5 Å². The molecule has 1 aliphatic rings. The van der Waals surface area contributed by atoms with Crippen LogP contribution < -0.4 is 0 Å². The predicted octanol–water partition coefficient (Wildman–Crippen LogP) is 3.24. The van der Waals surface area contributed by atoms with E-state index < -0.39 is 0 Å². The van der Waals surface area contributed by atoms with Gasteiger partial charge in [-0.05, 0) is 26.2 Å². The van der Waals surface area contributed by atoms with Gasteiger partial charge in [-0.3, -0.25) is 4.79 Å². The number of hydrogen-bond acceptors (Lipinski definition) is 3. The quantitative estimate of drug-likeness (QED) is 0.442. The zero-order chi connectivity index (χ0) is 14.2. The van der Waals surface area contributed by atoms with E-state index in [1.807, 2.05) is 11.8 Å². The Morgan fingerprint density at radius 2 is 1.78 bits per heavy atom. The van der Waals surface area contributed by atoms with Crippen LogP contribution in [-0.4, -0.2) is 37.2 Å². The van der Waals surface area contributed by atoms with Crippen molar-refractivity contribution in [3.63, 3.8) is 0 Å². The molecule has 1 aliphatic heterocycles. The molecular formula is C14H28N2O2. The van der Waals surface area contributed by atoms with Crippen LogP contribution in [0, 0.1) is 0 Å². The Labute approximate surface area is 112 Å². The lowest BCUT2D eigenvalue weighted by atomic mass is 10.1. The fourth-order valence-corrected chi connectivity index (χ4v) is 1.34. The molecule has 0 radical (unpaired) electrons. The minimum atomic E-state index is 0.0158. The van der Waals surface area contributed by atoms with Crippen molar-refractivity contribution in [3.8, 4) is 0 Å². The highest BCUT2D eigenvalue weighted by Crippen LogP contribution is 2.08. The second kappa shape index (κ2) is 15.7. The van der Waals surface area contributed by atoms with Gasteiger partial charge in [-0.2, -0.15) is 0 Å². The molecule has 0 N–H and O–H groups in total. The minimum Gasteiger partial charge on any atom is -0.386 e. The molecule has 4 nitrogen and oxygen atoms in total. The fraction of sp³-hybridized carbons (Fsp3) is 0.714. The van der Waals surface area contributed by atoms with E-state index in [2.05, 4.69) is 37.1 Å². The van der Waals surface area contributed by atoms with Gasteiger partial charge in [0, 0.05) is 19.8 Å². The van der Waals surface area contributed by atoms with E-state index in [1.165, 1.54) is 12.8 Å². The summed E-state index contributed by atoms with van der Waals surface area (Å²) in [7, 11) is 0. The zero-order valence-electron chi connectivity index (χ0n) is 12.2. The fourth-order valence-electron chi connectivity index (χ4n) is 1.34. The summed E-state index contributed by atoms with van der Waals surface area (Å²) in [5.41, 5.74) is 0. The largest absolute Gasteiger partial charge is 0.386 e. The van der Waals surface area contributed by atoms with Crippen LogP contribution in [-0.2, 0) is 9.63 Å². The van der Waals surface area contributed by atoms with Crippen molar-refractivity contribution in [1.29, 1.82) is 0 Å². The van der Waals surface area contributed by atoms with E-state index in [4.69, 9.17) is 0 Å². The highest BCUT2D eigenvalue weighted by Gasteiger charge is 2.16. The second-order valence-electron chi connectivity index (χ2n) is 3.96. The maximum absolute atomic E-state index is 11.3. The number of carbonyl (C=O) groups is 1. The third-order valence-electron chi connectivity index (χ3n) is 1.99. The average molecular weight is 256 g/mol. The zero-order valence-corrected chi connectivity index (χ0v) is 12.2. The molecule has 1 saturated heterocycles. The molecule has 4 heteroatoms. The van der Waals surface area contributed by atoms with Crippen LogP contribution in [0.5, 0.6) is 0 Å². The number of oxime groups is 1. The number of amides is 1. The Morgan fingerprint density at radius 3 is 2.17 bits per heavy atom. The van der Waals surface area contributed by atoms with Crippen molar-refractivity contribution in [3.05, 3.63) is 12.7 Å². The summed E-state index contributed by atoms with van der Waals surface area (Å²) in [5.74, 6) is 0.0158. The molecule has 0 bridgehead atoms. The average Bonchev–Trinajstić information content (AvgIpc) is 2.39. The van der Waals surface area contributed by atoms with Crippen LogP contribution in [0.4, 0.5) is 0 Å². The van der Waals surface area contributed by atoms with Gasteiger partial charge >= 0.3 is 0 Å². The molecule has 18 heavy (non-hydrogen) atoms. The summed E-state index contributed by atoms with van der Waals surface area (Å²) in [5, 5.41) is 3.17. The normalized spacial score (nSPS) is 13.2. The summed E-state index contributed by atoms with van der Waals surface area (Å²) in [6.07, 6.45) is 6.44. The van der Waals surface area contributed by atoms with Crippen LogP contribution >= 0.6 is 0 Å². The number of hydrogen-bond donors (Lipinski definition) is 0. The molecule has 0 aliphatic carbocycles. The first-order chi connectivity index (χ1) is 8.67. The van der Waals surface area contributed by atoms with Gasteiger partial charge in [-0.1, -0.05) is 26.3 Å². The van der Waals surface area contributed by atoms with E-state index in [-0.39, 0.29) is 12.5 Å². The number of rotatable bonds is 3. The molecule has 1 rings (SSSR count). The lowest BCUT2D eigenvalue weighted by Gasteiger charge is -2.25. The maximum Gasteiger partial charge on any atom is 0.263 e. The Morgan fingerprint density at radius 1 is 1.33 bits per heavy atom. The van der Waals surface area contributed by atoms with Crippen molar-refractivity contribution >= 4 is 12.6 Å². The molecule has 0 aromatic rings. The third-order valence-corrected chi connectivity index (χ3v) is 1.99. The molecule has 0 atom stereocenters. The smallest absolute Gasteiger partial charge is 0.263 e. The van der Waals surface area contributed by atoms with Crippen LogP contribution in [0.2, 0.25) is 0 Å². The lowest BCUT2D eigenvalue weighted by Crippen LogP contribution is -2.37. The Bertz CT molecular complexity index is 212. The molecule has 0 unspecified atom stereocenters. The molecule has 0 saturated carbocycles. The van der Waals surface area contributed by atoms with Crippen LogP contribution in [0.3, 0.4) is 0 Å². The highest BCUT2D eigenvalue weighted by atomic mass is 16.6. The van der Waals surface area contributed by atoms with E-state index in [0.29, 0.717) is 0 Å². The van der Waals surface area contributed by atoms with Gasteiger partial charge in [0.25, 0.3) is 5.91 Å². The van der Waals surface area contributed by atoms with Crippen molar-refractivity contribution in [2.45, 2.75) is 46.5 Å². The monoisotopic (exact) mass is 256 g/mol. The molecule has 0 aromatic heterocycles. The van der Waals surface area contributed by atoms with Gasteiger partial charge in [0.1, 0.15) is 0 Å².